The minimum Gasteiger partial charge on any atom is -0.325 e. The van der Waals surface area contributed by atoms with Gasteiger partial charge in [0.15, 0.2) is 12.4 Å². The van der Waals surface area contributed by atoms with Crippen LogP contribution in [0.15, 0.2) is 24.3 Å². The number of benzene rings is 1. The van der Waals surface area contributed by atoms with Crippen molar-refractivity contribution in [3.05, 3.63) is 35.7 Å². The first-order valence-electron chi connectivity index (χ1n) is 6.82. The average molecular weight is 326 g/mol. The van der Waals surface area contributed by atoms with E-state index in [1.807, 2.05) is 18.2 Å². The van der Waals surface area contributed by atoms with Gasteiger partial charge in [0.2, 0.25) is 5.91 Å². The number of carbonyl (C=O) groups excluding carboxylic acids is 1. The molecule has 0 spiro atoms. The molecule has 0 unspecified atom stereocenters. The number of nitrogens with zero attached hydrogens (tertiary/aromatic N) is 5. The van der Waals surface area contributed by atoms with Crippen LogP contribution in [0.2, 0.25) is 0 Å². The molecule has 1 aliphatic rings. The van der Waals surface area contributed by atoms with Crippen LogP contribution in [0.25, 0.3) is 0 Å². The standard InChI is InChI=1S/C13H13F3N6O/c14-13(15,16)8-22-19-11(18-20-22)6-21-5-9-3-1-2-4-10(9)17-12(23)7-21/h1-4H,5-8H2,(H,17,23). The summed E-state index contributed by atoms with van der Waals surface area (Å²) in [5.74, 6) is -0.0564. The van der Waals surface area contributed by atoms with Gasteiger partial charge in [-0.25, -0.2) is 0 Å². The van der Waals surface area contributed by atoms with Gasteiger partial charge >= 0.3 is 6.18 Å². The van der Waals surface area contributed by atoms with Crippen molar-refractivity contribution in [2.75, 3.05) is 11.9 Å². The van der Waals surface area contributed by atoms with Gasteiger partial charge in [-0.1, -0.05) is 18.2 Å². The van der Waals surface area contributed by atoms with Gasteiger partial charge < -0.3 is 5.32 Å². The minimum absolute atomic E-state index is 0.0997. The molecule has 1 aliphatic heterocycles. The van der Waals surface area contributed by atoms with Gasteiger partial charge in [0.25, 0.3) is 0 Å². The van der Waals surface area contributed by atoms with E-state index in [1.54, 1.807) is 11.0 Å². The predicted molar refractivity (Wildman–Crippen MR) is 73.1 cm³/mol. The molecule has 2 aromatic rings. The molecular weight excluding hydrogens is 313 g/mol. The van der Waals surface area contributed by atoms with E-state index >= 15 is 0 Å². The van der Waals surface area contributed by atoms with Gasteiger partial charge in [-0.15, -0.1) is 10.2 Å². The molecule has 1 amide bonds. The Morgan fingerprint density at radius 2 is 2.00 bits per heavy atom. The number of tetrazole rings is 1. The first-order chi connectivity index (χ1) is 10.9. The van der Waals surface area contributed by atoms with Crippen LogP contribution in [-0.2, 0) is 24.4 Å². The van der Waals surface area contributed by atoms with Crippen LogP contribution in [0.5, 0.6) is 0 Å². The van der Waals surface area contributed by atoms with Crippen molar-refractivity contribution < 1.29 is 18.0 Å². The molecule has 3 rings (SSSR count). The van der Waals surface area contributed by atoms with Crippen molar-refractivity contribution in [2.24, 2.45) is 0 Å². The Morgan fingerprint density at radius 1 is 1.22 bits per heavy atom. The van der Waals surface area contributed by atoms with Crippen molar-refractivity contribution in [1.29, 1.82) is 0 Å². The molecule has 0 bridgehead atoms. The number of nitrogens with one attached hydrogen (secondary N) is 1. The molecule has 0 atom stereocenters. The second kappa shape index (κ2) is 5.95. The maximum absolute atomic E-state index is 12.3. The van der Waals surface area contributed by atoms with Crippen molar-refractivity contribution in [1.82, 2.24) is 25.1 Å². The molecule has 10 heteroatoms. The highest BCUT2D eigenvalue weighted by Gasteiger charge is 2.29. The number of hydrogen-bond donors (Lipinski definition) is 1. The summed E-state index contributed by atoms with van der Waals surface area (Å²) >= 11 is 0. The minimum atomic E-state index is -4.40. The van der Waals surface area contributed by atoms with Gasteiger partial charge in [0.05, 0.1) is 13.1 Å². The lowest BCUT2D eigenvalue weighted by molar-refractivity contribution is -0.145. The predicted octanol–water partition coefficient (Wildman–Crippen LogP) is 1.19. The molecule has 7 nitrogen and oxygen atoms in total. The second-order valence-corrected chi connectivity index (χ2v) is 5.20. The van der Waals surface area contributed by atoms with Crippen molar-refractivity contribution in [3.8, 4) is 0 Å². The zero-order valence-corrected chi connectivity index (χ0v) is 11.9. The summed E-state index contributed by atoms with van der Waals surface area (Å²) in [6.07, 6.45) is -4.40. The fourth-order valence-corrected chi connectivity index (χ4v) is 2.35. The maximum atomic E-state index is 12.3. The molecule has 0 radical (unpaired) electrons. The summed E-state index contributed by atoms with van der Waals surface area (Å²) < 4.78 is 36.9. The summed E-state index contributed by atoms with van der Waals surface area (Å²) in [5.41, 5.74) is 1.65. The number of halogens is 3. The van der Waals surface area contributed by atoms with Crippen molar-refractivity contribution in [3.63, 3.8) is 0 Å². The molecule has 0 aliphatic carbocycles. The van der Waals surface area contributed by atoms with Gasteiger partial charge in [-0.2, -0.15) is 18.0 Å². The van der Waals surface area contributed by atoms with Gasteiger partial charge in [0, 0.05) is 12.2 Å². The number of amides is 1. The molecule has 0 fully saturated rings. The van der Waals surface area contributed by atoms with E-state index in [0.29, 0.717) is 11.3 Å². The van der Waals surface area contributed by atoms with Gasteiger partial charge in [-0.3, -0.25) is 9.69 Å². The Morgan fingerprint density at radius 3 is 2.78 bits per heavy atom. The molecule has 2 heterocycles. The monoisotopic (exact) mass is 326 g/mol. The van der Waals surface area contributed by atoms with Crippen molar-refractivity contribution >= 4 is 11.6 Å². The Labute approximate surface area is 129 Å². The number of carbonyl (C=O) groups is 1. The third kappa shape index (κ3) is 4.03. The van der Waals surface area contributed by atoms with Crippen LogP contribution in [-0.4, -0.2) is 43.7 Å². The van der Waals surface area contributed by atoms with Crippen LogP contribution >= 0.6 is 0 Å². The van der Waals surface area contributed by atoms with Gasteiger partial charge in [-0.05, 0) is 16.8 Å². The smallest absolute Gasteiger partial charge is 0.325 e. The summed E-state index contributed by atoms with van der Waals surface area (Å²) in [5, 5.41) is 13.5. The summed E-state index contributed by atoms with van der Waals surface area (Å²) in [6, 6.07) is 7.35. The Hall–Kier alpha value is -2.49. The first-order valence-corrected chi connectivity index (χ1v) is 6.82. The zero-order valence-electron chi connectivity index (χ0n) is 11.9. The highest BCUT2D eigenvalue weighted by Crippen LogP contribution is 2.21. The van der Waals surface area contributed by atoms with E-state index in [4.69, 9.17) is 0 Å². The molecule has 0 saturated heterocycles. The number of rotatable bonds is 3. The summed E-state index contributed by atoms with van der Waals surface area (Å²) in [4.78, 5) is 14.1. The summed E-state index contributed by atoms with van der Waals surface area (Å²) in [6.45, 7) is -0.589. The molecule has 122 valence electrons. The lowest BCUT2D eigenvalue weighted by Gasteiger charge is -2.16. The molecule has 1 N–H and O–H groups in total. The van der Waals surface area contributed by atoms with Crippen LogP contribution in [0.1, 0.15) is 11.4 Å². The van der Waals surface area contributed by atoms with E-state index in [0.717, 1.165) is 11.3 Å². The number of anilines is 1. The van der Waals surface area contributed by atoms with Crippen LogP contribution < -0.4 is 5.32 Å². The number of alkyl halides is 3. The van der Waals surface area contributed by atoms with Crippen molar-refractivity contribution in [2.45, 2.75) is 25.8 Å². The fraction of sp³-hybridized carbons (Fsp3) is 0.385. The van der Waals surface area contributed by atoms with E-state index in [-0.39, 0.29) is 24.8 Å². The quantitative estimate of drug-likeness (QED) is 0.917. The molecule has 1 aromatic carbocycles. The van der Waals surface area contributed by atoms with Crippen LogP contribution in [0.4, 0.5) is 18.9 Å². The van der Waals surface area contributed by atoms with Gasteiger partial charge in [0.1, 0.15) is 0 Å². The normalized spacial score (nSPS) is 15.9. The topological polar surface area (TPSA) is 75.9 Å². The van der Waals surface area contributed by atoms with E-state index in [9.17, 15) is 18.0 Å². The van der Waals surface area contributed by atoms with Crippen LogP contribution in [0, 0.1) is 0 Å². The summed E-state index contributed by atoms with van der Waals surface area (Å²) in [7, 11) is 0. The highest BCUT2D eigenvalue weighted by molar-refractivity contribution is 5.93. The molecular formula is C13H13F3N6O. The Kier molecular flexibility index (Phi) is 3.99. The lowest BCUT2D eigenvalue weighted by atomic mass is 10.2. The third-order valence-corrected chi connectivity index (χ3v) is 3.23. The number of fused-ring (bicyclic) bond motifs is 1. The fourth-order valence-electron chi connectivity index (χ4n) is 2.35. The number of hydrogen-bond acceptors (Lipinski definition) is 5. The van der Waals surface area contributed by atoms with E-state index in [1.165, 1.54) is 0 Å². The molecule has 1 aromatic heterocycles. The number of aromatic nitrogens is 4. The zero-order chi connectivity index (χ0) is 16.4. The average Bonchev–Trinajstić information content (AvgIpc) is 2.78. The van der Waals surface area contributed by atoms with Crippen LogP contribution in [0.3, 0.4) is 0 Å². The second-order valence-electron chi connectivity index (χ2n) is 5.20. The lowest BCUT2D eigenvalue weighted by Crippen LogP contribution is -2.30. The SMILES string of the molecule is O=C1CN(Cc2nnn(CC(F)(F)F)n2)Cc2ccccc2N1. The number of para-hydroxylation sites is 1. The van der Waals surface area contributed by atoms with E-state index in [2.05, 4.69) is 20.7 Å². The first kappa shape index (κ1) is 15.4. The molecule has 0 saturated carbocycles. The third-order valence-electron chi connectivity index (χ3n) is 3.23. The highest BCUT2D eigenvalue weighted by atomic mass is 19.4. The Bertz CT molecular complexity index is 714. The maximum Gasteiger partial charge on any atom is 0.409 e. The Balaban J connectivity index is 1.72. The molecule has 23 heavy (non-hydrogen) atoms. The van der Waals surface area contributed by atoms with E-state index < -0.39 is 12.7 Å². The largest absolute Gasteiger partial charge is 0.409 e.